The molecule has 0 atom stereocenters. The standard InChI is InChI=1S/C9H18O2.C2H5.BrH.Mg/c1-2-3-4-5-6-7-8-9(10)11;1-2;;/h2-8H2,1H3,(H,10,11);1H2,2H3;1H;/q;;;+1. The Morgan fingerprint density at radius 3 is 1.87 bits per heavy atom. The second-order valence-corrected chi connectivity index (χ2v) is 4.41. The van der Waals surface area contributed by atoms with Crippen LogP contribution in [0.2, 0.25) is 4.55 Å². The van der Waals surface area contributed by atoms with Crippen LogP contribution in [0.25, 0.3) is 0 Å². The van der Waals surface area contributed by atoms with Gasteiger partial charge in [0.1, 0.15) is 0 Å². The summed E-state index contributed by atoms with van der Waals surface area (Å²) in [4.78, 5) is 10.1. The van der Waals surface area contributed by atoms with Crippen molar-refractivity contribution >= 4 is 44.7 Å². The van der Waals surface area contributed by atoms with E-state index in [9.17, 15) is 4.79 Å². The van der Waals surface area contributed by atoms with Gasteiger partial charge in [0.15, 0.2) is 0 Å². The van der Waals surface area contributed by atoms with Gasteiger partial charge in [-0.05, 0) is 6.42 Å². The Morgan fingerprint density at radius 1 is 1.07 bits per heavy atom. The third-order valence-electron chi connectivity index (χ3n) is 1.74. The van der Waals surface area contributed by atoms with Crippen molar-refractivity contribution < 1.29 is 9.90 Å². The minimum atomic E-state index is -0.666. The van der Waals surface area contributed by atoms with Gasteiger partial charge in [-0.3, -0.25) is 4.79 Å². The Bertz CT molecular complexity index is 121. The number of hydrogen-bond acceptors (Lipinski definition) is 1. The van der Waals surface area contributed by atoms with E-state index < -0.39 is 5.97 Å². The molecule has 0 aromatic rings. The van der Waals surface area contributed by atoms with Crippen LogP contribution in [0.5, 0.6) is 0 Å². The summed E-state index contributed by atoms with van der Waals surface area (Å²) in [5.74, 6) is -0.666. The van der Waals surface area contributed by atoms with Gasteiger partial charge < -0.3 is 5.11 Å². The Morgan fingerprint density at radius 2 is 1.47 bits per heavy atom. The average molecular weight is 293 g/mol. The molecule has 1 N–H and O–H groups in total. The molecular weight excluding hydrogens is 268 g/mol. The van der Waals surface area contributed by atoms with E-state index >= 15 is 0 Å². The van der Waals surface area contributed by atoms with E-state index in [1.54, 1.807) is 0 Å². The average Bonchev–Trinajstić information content (AvgIpc) is 2.12. The zero-order chi connectivity index (χ0) is 11.2. The van der Waals surface area contributed by atoms with E-state index in [4.69, 9.17) is 5.11 Å². The van der Waals surface area contributed by atoms with Crippen LogP contribution in [0.4, 0.5) is 0 Å². The molecule has 0 rings (SSSR count). The molecule has 0 bridgehead atoms. The molecule has 0 amide bonds. The summed E-state index contributed by atoms with van der Waals surface area (Å²) in [6, 6.07) is 0. The summed E-state index contributed by atoms with van der Waals surface area (Å²) < 4.78 is 1.28. The zero-order valence-electron chi connectivity index (χ0n) is 10.1. The summed E-state index contributed by atoms with van der Waals surface area (Å²) >= 11 is 1.97. The predicted molar refractivity (Wildman–Crippen MR) is 72.2 cm³/mol. The van der Waals surface area contributed by atoms with Crippen molar-refractivity contribution in [1.29, 1.82) is 0 Å². The van der Waals surface area contributed by atoms with E-state index in [0.717, 1.165) is 12.8 Å². The summed E-state index contributed by atoms with van der Waals surface area (Å²) in [5, 5.41) is 8.32. The zero-order valence-corrected chi connectivity index (χ0v) is 13.3. The Balaban J connectivity index is -0.000000320. The molecule has 0 fully saturated rings. The van der Waals surface area contributed by atoms with E-state index in [1.165, 1.54) is 30.2 Å². The second-order valence-electron chi connectivity index (χ2n) is 3.41. The molecule has 0 aliphatic rings. The first-order chi connectivity index (χ1) is 6.68. The third kappa shape index (κ3) is 31.3. The van der Waals surface area contributed by atoms with E-state index in [-0.39, 0.29) is 17.0 Å². The molecule has 0 spiro atoms. The predicted octanol–water partition coefficient (Wildman–Crippen LogP) is 3.99. The van der Waals surface area contributed by atoms with Crippen molar-refractivity contribution in [2.75, 3.05) is 0 Å². The van der Waals surface area contributed by atoms with Gasteiger partial charge in [0.25, 0.3) is 0 Å². The van der Waals surface area contributed by atoms with E-state index in [2.05, 4.69) is 13.8 Å². The number of carboxylic acid groups (broad SMARTS) is 1. The van der Waals surface area contributed by atoms with Gasteiger partial charge in [-0.1, -0.05) is 39.0 Å². The first-order valence-electron chi connectivity index (χ1n) is 5.70. The van der Waals surface area contributed by atoms with Gasteiger partial charge in [-0.15, -0.1) is 17.0 Å². The summed E-state index contributed by atoms with van der Waals surface area (Å²) in [5.41, 5.74) is 0. The van der Waals surface area contributed by atoms with Crippen molar-refractivity contribution in [3.63, 3.8) is 0 Å². The number of unbranched alkanes of at least 4 members (excludes halogenated alkanes) is 5. The van der Waals surface area contributed by atoms with Crippen LogP contribution < -0.4 is 0 Å². The molecule has 0 aliphatic carbocycles. The number of hydrogen-bond donors (Lipinski definition) is 1. The molecule has 0 aromatic heterocycles. The molecule has 0 radical (unpaired) electrons. The van der Waals surface area contributed by atoms with Crippen molar-refractivity contribution in [2.45, 2.75) is 63.3 Å². The Hall–Kier alpha value is 0.716. The summed E-state index contributed by atoms with van der Waals surface area (Å²) in [6.07, 6.45) is 7.25. The van der Waals surface area contributed by atoms with Crippen LogP contribution in [-0.4, -0.2) is 32.8 Å². The minimum absolute atomic E-state index is 0. The van der Waals surface area contributed by atoms with Crippen LogP contribution in [0.3, 0.4) is 0 Å². The molecule has 0 heterocycles. The van der Waals surface area contributed by atoms with E-state index in [0.29, 0.717) is 6.42 Å². The second kappa shape index (κ2) is 20.2. The number of carboxylic acids is 1. The van der Waals surface area contributed by atoms with Crippen molar-refractivity contribution in [1.82, 2.24) is 0 Å². The Kier molecular flexibility index (Phi) is 28.3. The maximum atomic E-state index is 10.1. The van der Waals surface area contributed by atoms with Crippen molar-refractivity contribution in [3.05, 3.63) is 0 Å². The fraction of sp³-hybridized carbons (Fsp3) is 0.909. The van der Waals surface area contributed by atoms with Crippen molar-refractivity contribution in [2.24, 2.45) is 0 Å². The molecule has 0 saturated heterocycles. The van der Waals surface area contributed by atoms with Crippen LogP contribution in [0.15, 0.2) is 0 Å². The molecule has 0 unspecified atom stereocenters. The molecule has 15 heavy (non-hydrogen) atoms. The van der Waals surface area contributed by atoms with Crippen LogP contribution in [0, 0.1) is 0 Å². The quantitative estimate of drug-likeness (QED) is 0.569. The SMILES string of the molecule is Br.CCCCCCCCC(=O)O.C[CH2][Mg+]. The molecule has 0 aliphatic heterocycles. The Labute approximate surface area is 117 Å². The number of carbonyl (C=O) groups is 1. The summed E-state index contributed by atoms with van der Waals surface area (Å²) in [7, 11) is 0. The van der Waals surface area contributed by atoms with Gasteiger partial charge in [-0.2, -0.15) is 0 Å². The molecule has 0 aromatic carbocycles. The van der Waals surface area contributed by atoms with Gasteiger partial charge in [0, 0.05) is 6.42 Å². The molecular formula is C11H24BrMgO2+. The monoisotopic (exact) mass is 291 g/mol. The molecule has 0 saturated carbocycles. The number of aliphatic carboxylic acids is 1. The van der Waals surface area contributed by atoms with Gasteiger partial charge in [-0.25, -0.2) is 0 Å². The van der Waals surface area contributed by atoms with E-state index in [1.807, 2.05) is 21.7 Å². The molecule has 4 heteroatoms. The van der Waals surface area contributed by atoms with Gasteiger partial charge >= 0.3 is 39.2 Å². The molecule has 2 nitrogen and oxygen atoms in total. The fourth-order valence-corrected chi connectivity index (χ4v) is 1.06. The van der Waals surface area contributed by atoms with Crippen LogP contribution in [0.1, 0.15) is 58.8 Å². The van der Waals surface area contributed by atoms with Crippen molar-refractivity contribution in [3.8, 4) is 0 Å². The fourth-order valence-electron chi connectivity index (χ4n) is 1.06. The van der Waals surface area contributed by atoms with Gasteiger partial charge in [0.2, 0.25) is 0 Å². The first-order valence-corrected chi connectivity index (χ1v) is 6.70. The normalized spacial score (nSPS) is 8.53. The first kappa shape index (κ1) is 21.0. The number of halogens is 1. The maximum absolute atomic E-state index is 10.1. The van der Waals surface area contributed by atoms with Crippen LogP contribution in [-0.2, 0) is 4.79 Å². The molecule has 88 valence electrons. The summed E-state index contributed by atoms with van der Waals surface area (Å²) in [6.45, 7) is 4.32. The topological polar surface area (TPSA) is 37.3 Å². The third-order valence-corrected chi connectivity index (χ3v) is 1.74. The number of rotatable bonds is 7. The van der Waals surface area contributed by atoms with Crippen LogP contribution >= 0.6 is 17.0 Å². The van der Waals surface area contributed by atoms with Gasteiger partial charge in [0.05, 0.1) is 0 Å².